The van der Waals surface area contributed by atoms with Crippen LogP contribution in [0.5, 0.6) is 0 Å². The lowest BCUT2D eigenvalue weighted by molar-refractivity contribution is -0.122. The summed E-state index contributed by atoms with van der Waals surface area (Å²) < 4.78 is 0. The summed E-state index contributed by atoms with van der Waals surface area (Å²) in [6.45, 7) is 6.00. The van der Waals surface area contributed by atoms with Gasteiger partial charge in [0.2, 0.25) is 5.91 Å². The molecule has 0 heterocycles. The third kappa shape index (κ3) is 6.06. The van der Waals surface area contributed by atoms with Crippen molar-refractivity contribution in [3.05, 3.63) is 0 Å². The Hall–Kier alpha value is -0.570. The van der Waals surface area contributed by atoms with E-state index in [4.69, 9.17) is 5.73 Å². The Morgan fingerprint density at radius 3 is 2.35 bits per heavy atom. The minimum absolute atomic E-state index is 0.238. The number of nitrogens with two attached hydrogens (primary N) is 1. The van der Waals surface area contributed by atoms with Crippen molar-refractivity contribution in [1.29, 1.82) is 0 Å². The van der Waals surface area contributed by atoms with Gasteiger partial charge in [0.1, 0.15) is 0 Å². The number of nitrogens with one attached hydrogen (secondary N) is 1. The molecule has 3 heteroatoms. The maximum atomic E-state index is 11.7. The van der Waals surface area contributed by atoms with Gasteiger partial charge in [0.15, 0.2) is 0 Å². The van der Waals surface area contributed by atoms with Crippen molar-refractivity contribution >= 4 is 5.91 Å². The zero-order valence-electron chi connectivity index (χ0n) is 11.4. The summed E-state index contributed by atoms with van der Waals surface area (Å²) in [5, 5.41) is 3.02. The van der Waals surface area contributed by atoms with Gasteiger partial charge in [-0.3, -0.25) is 4.79 Å². The average molecular weight is 240 g/mol. The average Bonchev–Trinajstić information content (AvgIpc) is 2.29. The van der Waals surface area contributed by atoms with Crippen molar-refractivity contribution in [2.75, 3.05) is 13.1 Å². The molecule has 1 saturated carbocycles. The van der Waals surface area contributed by atoms with Gasteiger partial charge in [0.05, 0.1) is 0 Å². The standard InChI is InChI=1S/C14H28N2O/c1-11(2)7-8-16-14(17)9-12-3-5-13(10-15)6-4-12/h11-13H,3-10,15H2,1-2H3,(H,16,17). The van der Waals surface area contributed by atoms with E-state index >= 15 is 0 Å². The number of carbonyl (C=O) groups is 1. The second-order valence-corrected chi connectivity index (χ2v) is 5.86. The van der Waals surface area contributed by atoms with Gasteiger partial charge in [-0.05, 0) is 56.4 Å². The van der Waals surface area contributed by atoms with E-state index in [0.717, 1.165) is 25.9 Å². The summed E-state index contributed by atoms with van der Waals surface area (Å²) >= 11 is 0. The first-order valence-electron chi connectivity index (χ1n) is 7.08. The minimum atomic E-state index is 0.238. The van der Waals surface area contributed by atoms with E-state index in [9.17, 15) is 4.79 Å². The molecule has 0 saturated heterocycles. The van der Waals surface area contributed by atoms with Crippen LogP contribution >= 0.6 is 0 Å². The van der Waals surface area contributed by atoms with Crippen molar-refractivity contribution < 1.29 is 4.79 Å². The molecule has 1 rings (SSSR count). The van der Waals surface area contributed by atoms with Crippen molar-refractivity contribution in [2.45, 2.75) is 52.4 Å². The van der Waals surface area contributed by atoms with E-state index in [-0.39, 0.29) is 5.91 Å². The Morgan fingerprint density at radius 2 is 1.82 bits per heavy atom. The first-order valence-corrected chi connectivity index (χ1v) is 7.08. The highest BCUT2D eigenvalue weighted by atomic mass is 16.1. The van der Waals surface area contributed by atoms with Crippen LogP contribution in [0.25, 0.3) is 0 Å². The zero-order valence-corrected chi connectivity index (χ0v) is 11.4. The Kier molecular flexibility index (Phi) is 6.56. The Labute approximate surface area is 106 Å². The number of hydrogen-bond donors (Lipinski definition) is 2. The highest BCUT2D eigenvalue weighted by Crippen LogP contribution is 2.29. The van der Waals surface area contributed by atoms with Gasteiger partial charge >= 0.3 is 0 Å². The normalized spacial score (nSPS) is 24.9. The summed E-state index contributed by atoms with van der Waals surface area (Å²) in [4.78, 5) is 11.7. The second-order valence-electron chi connectivity index (χ2n) is 5.86. The van der Waals surface area contributed by atoms with Gasteiger partial charge in [-0.15, -0.1) is 0 Å². The number of hydrogen-bond acceptors (Lipinski definition) is 2. The highest BCUT2D eigenvalue weighted by Gasteiger charge is 2.21. The highest BCUT2D eigenvalue weighted by molar-refractivity contribution is 5.76. The quantitative estimate of drug-likeness (QED) is 0.748. The summed E-state index contributed by atoms with van der Waals surface area (Å²) in [6.07, 6.45) is 6.57. The lowest BCUT2D eigenvalue weighted by Gasteiger charge is -2.27. The first kappa shape index (κ1) is 14.5. The van der Waals surface area contributed by atoms with E-state index < -0.39 is 0 Å². The number of rotatable bonds is 6. The van der Waals surface area contributed by atoms with Crippen molar-refractivity contribution in [2.24, 2.45) is 23.5 Å². The zero-order chi connectivity index (χ0) is 12.7. The van der Waals surface area contributed by atoms with Crippen LogP contribution in [-0.4, -0.2) is 19.0 Å². The molecule has 3 nitrogen and oxygen atoms in total. The molecule has 0 aliphatic heterocycles. The minimum Gasteiger partial charge on any atom is -0.356 e. The molecule has 0 atom stereocenters. The third-order valence-corrected chi connectivity index (χ3v) is 3.82. The van der Waals surface area contributed by atoms with Crippen molar-refractivity contribution in [1.82, 2.24) is 5.32 Å². The van der Waals surface area contributed by atoms with Crippen LogP contribution in [0.4, 0.5) is 0 Å². The molecule has 1 fully saturated rings. The van der Waals surface area contributed by atoms with Crippen LogP contribution in [-0.2, 0) is 4.79 Å². The van der Waals surface area contributed by atoms with Gasteiger partial charge in [-0.25, -0.2) is 0 Å². The van der Waals surface area contributed by atoms with Gasteiger partial charge in [-0.1, -0.05) is 13.8 Å². The molecule has 0 aromatic heterocycles. The molecule has 0 unspecified atom stereocenters. The maximum absolute atomic E-state index is 11.7. The topological polar surface area (TPSA) is 55.1 Å². The fourth-order valence-corrected chi connectivity index (χ4v) is 2.51. The van der Waals surface area contributed by atoms with Gasteiger partial charge in [-0.2, -0.15) is 0 Å². The molecular formula is C14H28N2O. The van der Waals surface area contributed by atoms with Crippen LogP contribution in [0.1, 0.15) is 52.4 Å². The molecule has 17 heavy (non-hydrogen) atoms. The van der Waals surface area contributed by atoms with Crippen LogP contribution < -0.4 is 11.1 Å². The first-order chi connectivity index (χ1) is 8.11. The maximum Gasteiger partial charge on any atom is 0.220 e. The fourth-order valence-electron chi connectivity index (χ4n) is 2.51. The van der Waals surface area contributed by atoms with Crippen LogP contribution in [0.2, 0.25) is 0 Å². The van der Waals surface area contributed by atoms with E-state index in [0.29, 0.717) is 17.8 Å². The van der Waals surface area contributed by atoms with E-state index in [1.54, 1.807) is 0 Å². The van der Waals surface area contributed by atoms with Crippen LogP contribution in [0.15, 0.2) is 0 Å². The Balaban J connectivity index is 2.10. The van der Waals surface area contributed by atoms with Gasteiger partial charge < -0.3 is 11.1 Å². The largest absolute Gasteiger partial charge is 0.356 e. The molecule has 0 aromatic rings. The third-order valence-electron chi connectivity index (χ3n) is 3.82. The Bertz CT molecular complexity index is 220. The molecule has 0 radical (unpaired) electrons. The molecule has 0 aromatic carbocycles. The van der Waals surface area contributed by atoms with Crippen molar-refractivity contribution in [3.63, 3.8) is 0 Å². The van der Waals surface area contributed by atoms with Gasteiger partial charge in [0.25, 0.3) is 0 Å². The van der Waals surface area contributed by atoms with Crippen LogP contribution in [0, 0.1) is 17.8 Å². The molecule has 1 amide bonds. The lowest BCUT2D eigenvalue weighted by atomic mass is 9.80. The number of carbonyl (C=O) groups excluding carboxylic acids is 1. The summed E-state index contributed by atoms with van der Waals surface area (Å²) in [7, 11) is 0. The number of amides is 1. The molecule has 1 aliphatic rings. The lowest BCUT2D eigenvalue weighted by Crippen LogP contribution is -2.29. The van der Waals surface area contributed by atoms with Crippen molar-refractivity contribution in [3.8, 4) is 0 Å². The summed E-state index contributed by atoms with van der Waals surface area (Å²) in [5.74, 6) is 2.20. The monoisotopic (exact) mass is 240 g/mol. The SMILES string of the molecule is CC(C)CCNC(=O)CC1CCC(CN)CC1. The fraction of sp³-hybridized carbons (Fsp3) is 0.929. The molecule has 3 N–H and O–H groups in total. The molecule has 1 aliphatic carbocycles. The van der Waals surface area contributed by atoms with Crippen LogP contribution in [0.3, 0.4) is 0 Å². The van der Waals surface area contributed by atoms with E-state index in [1.807, 2.05) is 0 Å². The summed E-state index contributed by atoms with van der Waals surface area (Å²) in [6, 6.07) is 0. The van der Waals surface area contributed by atoms with E-state index in [2.05, 4.69) is 19.2 Å². The van der Waals surface area contributed by atoms with Gasteiger partial charge in [0, 0.05) is 13.0 Å². The molecule has 100 valence electrons. The molecular weight excluding hydrogens is 212 g/mol. The Morgan fingerprint density at radius 1 is 1.24 bits per heavy atom. The summed E-state index contributed by atoms with van der Waals surface area (Å²) in [5.41, 5.74) is 5.66. The molecule has 0 bridgehead atoms. The van der Waals surface area contributed by atoms with E-state index in [1.165, 1.54) is 25.7 Å². The predicted molar refractivity (Wildman–Crippen MR) is 71.6 cm³/mol. The second kappa shape index (κ2) is 7.70. The predicted octanol–water partition coefficient (Wildman–Crippen LogP) is 2.30. The smallest absolute Gasteiger partial charge is 0.220 e. The molecule has 0 spiro atoms.